The van der Waals surface area contributed by atoms with Gasteiger partial charge in [-0.25, -0.2) is 0 Å². The molecule has 1 rings (SSSR count). The zero-order valence-corrected chi connectivity index (χ0v) is 8.24. The van der Waals surface area contributed by atoms with E-state index in [0.717, 1.165) is 44.7 Å². The molecular weight excluding hydrogens is 164 g/mol. The van der Waals surface area contributed by atoms with Crippen LogP contribution in [0.15, 0.2) is 0 Å². The van der Waals surface area contributed by atoms with Gasteiger partial charge in [-0.1, -0.05) is 13.3 Å². The second-order valence-electron chi connectivity index (χ2n) is 4.30. The highest BCUT2D eigenvalue weighted by molar-refractivity contribution is 5.55. The summed E-state index contributed by atoms with van der Waals surface area (Å²) >= 11 is 0. The monoisotopic (exact) mass is 182 g/mol. The van der Waals surface area contributed by atoms with Gasteiger partial charge >= 0.3 is 0 Å². The Bertz CT molecular complexity index is 159. The number of carbonyl (C=O) groups excluding carboxylic acids is 2. The van der Waals surface area contributed by atoms with E-state index >= 15 is 0 Å². The fourth-order valence-electron chi connectivity index (χ4n) is 2.26. The van der Waals surface area contributed by atoms with E-state index in [1.807, 2.05) is 0 Å². The molecule has 0 heterocycles. The van der Waals surface area contributed by atoms with Gasteiger partial charge in [0.25, 0.3) is 0 Å². The van der Waals surface area contributed by atoms with E-state index in [1.54, 1.807) is 0 Å². The Kier molecular flexibility index (Phi) is 4.13. The maximum atomic E-state index is 10.7. The van der Waals surface area contributed by atoms with Gasteiger partial charge < -0.3 is 9.59 Å². The molecular formula is C11H18O2. The molecule has 0 amide bonds. The van der Waals surface area contributed by atoms with E-state index in [-0.39, 0.29) is 11.8 Å². The Morgan fingerprint density at radius 3 is 1.85 bits per heavy atom. The molecule has 74 valence electrons. The quantitative estimate of drug-likeness (QED) is 0.614. The fourth-order valence-corrected chi connectivity index (χ4v) is 2.26. The van der Waals surface area contributed by atoms with Gasteiger partial charge in [-0.15, -0.1) is 0 Å². The van der Waals surface area contributed by atoms with Crippen molar-refractivity contribution in [2.24, 2.45) is 17.8 Å². The minimum atomic E-state index is 0.239. The van der Waals surface area contributed by atoms with Crippen LogP contribution in [0.25, 0.3) is 0 Å². The fraction of sp³-hybridized carbons (Fsp3) is 0.818. The number of hydrogen-bond donors (Lipinski definition) is 0. The Morgan fingerprint density at radius 2 is 1.46 bits per heavy atom. The summed E-state index contributed by atoms with van der Waals surface area (Å²) in [6, 6.07) is 0. The first-order valence-electron chi connectivity index (χ1n) is 5.16. The lowest BCUT2D eigenvalue weighted by molar-refractivity contribution is -0.112. The number of hydrogen-bond acceptors (Lipinski definition) is 2. The minimum absolute atomic E-state index is 0.239. The zero-order chi connectivity index (χ0) is 9.68. The molecule has 0 spiro atoms. The summed E-state index contributed by atoms with van der Waals surface area (Å²) in [5.74, 6) is 0.996. The molecule has 2 atom stereocenters. The number of rotatable bonds is 2. The topological polar surface area (TPSA) is 34.1 Å². The average Bonchev–Trinajstić information content (AvgIpc) is 2.10. The van der Waals surface area contributed by atoms with Crippen LogP contribution in [0.1, 0.15) is 39.0 Å². The molecule has 1 saturated carbocycles. The van der Waals surface area contributed by atoms with Crippen LogP contribution < -0.4 is 0 Å². The van der Waals surface area contributed by atoms with Gasteiger partial charge in [0, 0.05) is 11.8 Å². The SMILES string of the molecule is CC1CC(C=O)CCCC(C=O)C1. The first-order valence-corrected chi connectivity index (χ1v) is 5.16. The van der Waals surface area contributed by atoms with Crippen molar-refractivity contribution in [2.45, 2.75) is 39.0 Å². The molecule has 2 nitrogen and oxygen atoms in total. The molecule has 0 aromatic carbocycles. The smallest absolute Gasteiger partial charge is 0.123 e. The lowest BCUT2D eigenvalue weighted by atomic mass is 9.81. The molecule has 1 aliphatic carbocycles. The second kappa shape index (κ2) is 5.15. The van der Waals surface area contributed by atoms with Crippen LogP contribution in [0.2, 0.25) is 0 Å². The van der Waals surface area contributed by atoms with Gasteiger partial charge in [-0.2, -0.15) is 0 Å². The van der Waals surface area contributed by atoms with Crippen LogP contribution >= 0.6 is 0 Å². The minimum Gasteiger partial charge on any atom is -0.303 e. The van der Waals surface area contributed by atoms with E-state index in [9.17, 15) is 9.59 Å². The van der Waals surface area contributed by atoms with Crippen molar-refractivity contribution >= 4 is 12.6 Å². The van der Waals surface area contributed by atoms with Crippen molar-refractivity contribution in [3.05, 3.63) is 0 Å². The van der Waals surface area contributed by atoms with Gasteiger partial charge in [-0.3, -0.25) is 0 Å². The molecule has 0 radical (unpaired) electrons. The summed E-state index contributed by atoms with van der Waals surface area (Å²) in [6.07, 6.45) is 7.06. The summed E-state index contributed by atoms with van der Waals surface area (Å²) in [6.45, 7) is 2.14. The molecule has 0 N–H and O–H groups in total. The second-order valence-corrected chi connectivity index (χ2v) is 4.30. The van der Waals surface area contributed by atoms with Crippen molar-refractivity contribution < 1.29 is 9.59 Å². The van der Waals surface area contributed by atoms with E-state index in [4.69, 9.17) is 0 Å². The molecule has 0 aromatic heterocycles. The molecule has 0 aliphatic heterocycles. The molecule has 1 aliphatic rings. The third-order valence-corrected chi connectivity index (χ3v) is 2.94. The third kappa shape index (κ3) is 3.29. The van der Waals surface area contributed by atoms with Gasteiger partial charge in [0.1, 0.15) is 12.6 Å². The predicted molar refractivity (Wildman–Crippen MR) is 51.4 cm³/mol. The van der Waals surface area contributed by atoms with E-state index in [2.05, 4.69) is 6.92 Å². The van der Waals surface area contributed by atoms with Gasteiger partial charge in [0.05, 0.1) is 0 Å². The summed E-state index contributed by atoms with van der Waals surface area (Å²) in [5.41, 5.74) is 0. The molecule has 1 fully saturated rings. The van der Waals surface area contributed by atoms with Crippen LogP contribution in [0.3, 0.4) is 0 Å². The highest BCUT2D eigenvalue weighted by Crippen LogP contribution is 2.27. The number of carbonyl (C=O) groups is 2. The molecule has 2 unspecified atom stereocenters. The molecule has 0 saturated heterocycles. The first-order chi connectivity index (χ1) is 6.26. The summed E-state index contributed by atoms with van der Waals surface area (Å²) in [4.78, 5) is 21.3. The first kappa shape index (κ1) is 10.4. The van der Waals surface area contributed by atoms with Gasteiger partial charge in [0.15, 0.2) is 0 Å². The van der Waals surface area contributed by atoms with Crippen molar-refractivity contribution in [2.75, 3.05) is 0 Å². The summed E-state index contributed by atoms with van der Waals surface area (Å²) < 4.78 is 0. The Hall–Kier alpha value is -0.660. The summed E-state index contributed by atoms with van der Waals surface area (Å²) in [5, 5.41) is 0. The van der Waals surface area contributed by atoms with Crippen molar-refractivity contribution in [3.63, 3.8) is 0 Å². The highest BCUT2D eigenvalue weighted by Gasteiger charge is 2.20. The van der Waals surface area contributed by atoms with Crippen LogP contribution in [-0.4, -0.2) is 12.6 Å². The largest absolute Gasteiger partial charge is 0.303 e. The predicted octanol–water partition coefficient (Wildman–Crippen LogP) is 2.22. The lowest BCUT2D eigenvalue weighted by Crippen LogP contribution is -2.17. The van der Waals surface area contributed by atoms with Crippen molar-refractivity contribution in [1.82, 2.24) is 0 Å². The Balaban J connectivity index is 2.47. The molecule has 0 aromatic rings. The van der Waals surface area contributed by atoms with Crippen LogP contribution in [0.4, 0.5) is 0 Å². The van der Waals surface area contributed by atoms with Crippen LogP contribution in [-0.2, 0) is 9.59 Å². The van der Waals surface area contributed by atoms with Crippen molar-refractivity contribution in [1.29, 1.82) is 0 Å². The Morgan fingerprint density at radius 1 is 1.00 bits per heavy atom. The molecule has 13 heavy (non-hydrogen) atoms. The maximum Gasteiger partial charge on any atom is 0.123 e. The summed E-state index contributed by atoms with van der Waals surface area (Å²) in [7, 11) is 0. The zero-order valence-electron chi connectivity index (χ0n) is 8.24. The average molecular weight is 182 g/mol. The van der Waals surface area contributed by atoms with E-state index in [0.29, 0.717) is 5.92 Å². The van der Waals surface area contributed by atoms with Gasteiger partial charge in [-0.05, 0) is 31.6 Å². The van der Waals surface area contributed by atoms with E-state index in [1.165, 1.54) is 0 Å². The standard InChI is InChI=1S/C11H18O2/c1-9-5-10(7-12)3-2-4-11(6-9)8-13/h7-11H,2-6H2,1H3. The molecule has 0 bridgehead atoms. The van der Waals surface area contributed by atoms with Gasteiger partial charge in [0.2, 0.25) is 0 Å². The highest BCUT2D eigenvalue weighted by atomic mass is 16.1. The number of aldehydes is 2. The Labute approximate surface area is 79.7 Å². The van der Waals surface area contributed by atoms with Crippen LogP contribution in [0.5, 0.6) is 0 Å². The lowest BCUT2D eigenvalue weighted by Gasteiger charge is -2.23. The maximum absolute atomic E-state index is 10.7. The van der Waals surface area contributed by atoms with E-state index < -0.39 is 0 Å². The molecule has 2 heteroatoms. The van der Waals surface area contributed by atoms with Crippen LogP contribution in [0, 0.1) is 17.8 Å². The third-order valence-electron chi connectivity index (χ3n) is 2.94. The normalized spacial score (nSPS) is 35.9. The van der Waals surface area contributed by atoms with Crippen molar-refractivity contribution in [3.8, 4) is 0 Å².